The standard InChI is InChI=1S/C15H19N3OS/c1-11(14(19)17(2)3)20-15-16-10-13(18(15)4)12-8-6-5-7-9-12/h5-11H,1-4H3/t11-/m0/s1. The molecule has 0 unspecified atom stereocenters. The van der Waals surface area contributed by atoms with Gasteiger partial charge in [0.1, 0.15) is 0 Å². The zero-order valence-corrected chi connectivity index (χ0v) is 13.0. The van der Waals surface area contributed by atoms with Crippen LogP contribution < -0.4 is 0 Å². The summed E-state index contributed by atoms with van der Waals surface area (Å²) < 4.78 is 2.03. The molecule has 0 aliphatic carbocycles. The first-order chi connectivity index (χ1) is 9.50. The second-order valence-corrected chi connectivity index (χ2v) is 6.15. The number of thioether (sulfide) groups is 1. The topological polar surface area (TPSA) is 38.1 Å². The fourth-order valence-corrected chi connectivity index (χ4v) is 2.95. The van der Waals surface area contributed by atoms with E-state index in [2.05, 4.69) is 17.1 Å². The smallest absolute Gasteiger partial charge is 0.235 e. The van der Waals surface area contributed by atoms with Gasteiger partial charge >= 0.3 is 0 Å². The third kappa shape index (κ3) is 3.04. The van der Waals surface area contributed by atoms with Crippen LogP contribution in [0.1, 0.15) is 6.92 Å². The molecule has 0 saturated carbocycles. The van der Waals surface area contributed by atoms with Crippen molar-refractivity contribution < 1.29 is 4.79 Å². The summed E-state index contributed by atoms with van der Waals surface area (Å²) in [6.45, 7) is 1.91. The Morgan fingerprint density at radius 1 is 1.30 bits per heavy atom. The van der Waals surface area contributed by atoms with Gasteiger partial charge in [-0.3, -0.25) is 4.79 Å². The third-order valence-corrected chi connectivity index (χ3v) is 4.23. The van der Waals surface area contributed by atoms with Gasteiger partial charge < -0.3 is 9.47 Å². The SMILES string of the molecule is C[C@H](Sc1ncc(-c2ccccc2)n1C)C(=O)N(C)C. The number of imidazole rings is 1. The molecule has 1 aromatic carbocycles. The van der Waals surface area contributed by atoms with Crippen molar-refractivity contribution in [1.82, 2.24) is 14.5 Å². The summed E-state index contributed by atoms with van der Waals surface area (Å²) >= 11 is 1.48. The first-order valence-electron chi connectivity index (χ1n) is 6.45. The lowest BCUT2D eigenvalue weighted by molar-refractivity contribution is -0.127. The predicted octanol–water partition coefficient (Wildman–Crippen LogP) is 2.66. The minimum absolute atomic E-state index is 0.0965. The highest BCUT2D eigenvalue weighted by atomic mass is 32.2. The monoisotopic (exact) mass is 289 g/mol. The van der Waals surface area contributed by atoms with Crippen molar-refractivity contribution in [2.24, 2.45) is 7.05 Å². The van der Waals surface area contributed by atoms with Gasteiger partial charge in [0.25, 0.3) is 0 Å². The molecule has 106 valence electrons. The minimum atomic E-state index is -0.144. The fraction of sp³-hybridized carbons (Fsp3) is 0.333. The van der Waals surface area contributed by atoms with Crippen LogP contribution in [0.5, 0.6) is 0 Å². The lowest BCUT2D eigenvalue weighted by atomic mass is 10.2. The second kappa shape index (κ2) is 6.13. The normalized spacial score (nSPS) is 12.2. The van der Waals surface area contributed by atoms with Gasteiger partial charge in [-0.25, -0.2) is 4.98 Å². The zero-order chi connectivity index (χ0) is 14.7. The largest absolute Gasteiger partial charge is 0.348 e. The number of aromatic nitrogens is 2. The van der Waals surface area contributed by atoms with E-state index >= 15 is 0 Å². The number of carbonyl (C=O) groups is 1. The number of carbonyl (C=O) groups excluding carboxylic acids is 1. The van der Waals surface area contributed by atoms with Crippen molar-refractivity contribution in [3.05, 3.63) is 36.5 Å². The highest BCUT2D eigenvalue weighted by molar-refractivity contribution is 8.00. The maximum Gasteiger partial charge on any atom is 0.235 e. The van der Waals surface area contributed by atoms with Gasteiger partial charge in [-0.2, -0.15) is 0 Å². The summed E-state index contributed by atoms with van der Waals surface area (Å²) in [5.74, 6) is 0.0965. The average Bonchev–Trinajstić information content (AvgIpc) is 2.80. The highest BCUT2D eigenvalue weighted by Gasteiger charge is 2.19. The van der Waals surface area contributed by atoms with Crippen molar-refractivity contribution in [1.29, 1.82) is 0 Å². The number of rotatable bonds is 4. The molecule has 0 fully saturated rings. The van der Waals surface area contributed by atoms with Gasteiger partial charge in [0, 0.05) is 21.1 Å². The summed E-state index contributed by atoms with van der Waals surface area (Å²) in [4.78, 5) is 17.9. The Labute approximate surface area is 123 Å². The highest BCUT2D eigenvalue weighted by Crippen LogP contribution is 2.27. The molecule has 0 aliphatic heterocycles. The van der Waals surface area contributed by atoms with Crippen molar-refractivity contribution in [2.45, 2.75) is 17.3 Å². The molecule has 5 heteroatoms. The van der Waals surface area contributed by atoms with E-state index in [9.17, 15) is 4.79 Å². The van der Waals surface area contributed by atoms with Crippen molar-refractivity contribution in [3.63, 3.8) is 0 Å². The van der Waals surface area contributed by atoms with Crippen molar-refractivity contribution in [3.8, 4) is 11.3 Å². The van der Waals surface area contributed by atoms with Crippen LogP contribution in [0.4, 0.5) is 0 Å². The summed E-state index contributed by atoms with van der Waals surface area (Å²) in [7, 11) is 5.52. The predicted molar refractivity (Wildman–Crippen MR) is 82.7 cm³/mol. The van der Waals surface area contributed by atoms with Crippen molar-refractivity contribution in [2.75, 3.05) is 14.1 Å². The second-order valence-electron chi connectivity index (χ2n) is 4.84. The van der Waals surface area contributed by atoms with Crippen LogP contribution in [0.25, 0.3) is 11.3 Å². The minimum Gasteiger partial charge on any atom is -0.348 e. The van der Waals surface area contributed by atoms with Crippen LogP contribution in [0, 0.1) is 0 Å². The molecule has 2 rings (SSSR count). The van der Waals surface area contributed by atoms with Gasteiger partial charge in [0.2, 0.25) is 5.91 Å². The molecule has 0 bridgehead atoms. The summed E-state index contributed by atoms with van der Waals surface area (Å²) in [6.07, 6.45) is 1.85. The van der Waals surface area contributed by atoms with E-state index in [1.807, 2.05) is 42.9 Å². The lowest BCUT2D eigenvalue weighted by Crippen LogP contribution is -2.29. The van der Waals surface area contributed by atoms with Crippen LogP contribution in [-0.4, -0.2) is 39.7 Å². The molecule has 0 N–H and O–H groups in total. The molecule has 0 radical (unpaired) electrons. The molecule has 0 aliphatic rings. The Hall–Kier alpha value is -1.75. The number of benzene rings is 1. The van der Waals surface area contributed by atoms with E-state index in [-0.39, 0.29) is 11.2 Å². The van der Waals surface area contributed by atoms with Crippen LogP contribution in [0.2, 0.25) is 0 Å². The lowest BCUT2D eigenvalue weighted by Gasteiger charge is -2.16. The molecular formula is C15H19N3OS. The molecule has 20 heavy (non-hydrogen) atoms. The molecule has 2 aromatic rings. The molecule has 1 aromatic heterocycles. The van der Waals surface area contributed by atoms with Gasteiger partial charge in [-0.15, -0.1) is 0 Å². The van der Waals surface area contributed by atoms with Gasteiger partial charge in [0.15, 0.2) is 5.16 Å². The quantitative estimate of drug-likeness (QED) is 0.812. The number of nitrogens with zero attached hydrogens (tertiary/aromatic N) is 3. The van der Waals surface area contributed by atoms with Gasteiger partial charge in [0.05, 0.1) is 17.1 Å². The molecule has 0 saturated heterocycles. The Kier molecular flexibility index (Phi) is 4.49. The molecule has 4 nitrogen and oxygen atoms in total. The van der Waals surface area contributed by atoms with Gasteiger partial charge in [-0.1, -0.05) is 42.1 Å². The van der Waals surface area contributed by atoms with E-state index in [1.165, 1.54) is 11.8 Å². The Morgan fingerprint density at radius 2 is 1.95 bits per heavy atom. The molecular weight excluding hydrogens is 270 g/mol. The maximum absolute atomic E-state index is 11.9. The summed E-state index contributed by atoms with van der Waals surface area (Å²) in [5.41, 5.74) is 2.18. The third-order valence-electron chi connectivity index (χ3n) is 3.09. The van der Waals surface area contributed by atoms with Crippen LogP contribution in [-0.2, 0) is 11.8 Å². The summed E-state index contributed by atoms with van der Waals surface area (Å²) in [6, 6.07) is 10.1. The molecule has 1 heterocycles. The number of hydrogen-bond acceptors (Lipinski definition) is 3. The van der Waals surface area contributed by atoms with Gasteiger partial charge in [-0.05, 0) is 12.5 Å². The van der Waals surface area contributed by atoms with Crippen LogP contribution >= 0.6 is 11.8 Å². The number of hydrogen-bond donors (Lipinski definition) is 0. The zero-order valence-electron chi connectivity index (χ0n) is 12.2. The van der Waals surface area contributed by atoms with E-state index < -0.39 is 0 Å². The maximum atomic E-state index is 11.9. The van der Waals surface area contributed by atoms with E-state index in [4.69, 9.17) is 0 Å². The van der Waals surface area contributed by atoms with E-state index in [0.717, 1.165) is 16.4 Å². The first-order valence-corrected chi connectivity index (χ1v) is 7.33. The molecule has 1 atom stereocenters. The molecule has 1 amide bonds. The van der Waals surface area contributed by atoms with Crippen LogP contribution in [0.15, 0.2) is 41.7 Å². The Morgan fingerprint density at radius 3 is 2.55 bits per heavy atom. The first kappa shape index (κ1) is 14.7. The number of amides is 1. The summed E-state index contributed by atoms with van der Waals surface area (Å²) in [5, 5.41) is 0.710. The molecule has 0 spiro atoms. The Balaban J connectivity index is 2.20. The fourth-order valence-electron chi connectivity index (χ4n) is 1.95. The van der Waals surface area contributed by atoms with E-state index in [1.54, 1.807) is 19.0 Å². The van der Waals surface area contributed by atoms with Crippen LogP contribution in [0.3, 0.4) is 0 Å². The van der Waals surface area contributed by atoms with E-state index in [0.29, 0.717) is 0 Å². The van der Waals surface area contributed by atoms with Crippen molar-refractivity contribution >= 4 is 17.7 Å². The Bertz CT molecular complexity index is 592. The average molecular weight is 289 g/mol.